The quantitative estimate of drug-likeness (QED) is 0.584. The van der Waals surface area contributed by atoms with Crippen molar-refractivity contribution in [2.75, 3.05) is 13.6 Å². The molecular weight excluding hydrogens is 278 g/mol. The maximum atomic E-state index is 2.42. The van der Waals surface area contributed by atoms with E-state index >= 15 is 0 Å². The van der Waals surface area contributed by atoms with Crippen molar-refractivity contribution in [1.29, 1.82) is 0 Å². The molecule has 0 fully saturated rings. The monoisotopic (exact) mass is 303 g/mol. The SMILES string of the molecule is C[C@H](CCN(C)Cc1ccc2ccccc2c1)c1ccccc1. The average Bonchev–Trinajstić information content (AvgIpc) is 2.60. The van der Waals surface area contributed by atoms with E-state index in [1.807, 2.05) is 0 Å². The molecule has 3 aromatic carbocycles. The smallest absolute Gasteiger partial charge is 0.0230 e. The Hall–Kier alpha value is -2.12. The molecule has 0 aliphatic carbocycles. The lowest BCUT2D eigenvalue weighted by Gasteiger charge is -2.20. The van der Waals surface area contributed by atoms with Crippen LogP contribution in [0.1, 0.15) is 30.4 Å². The van der Waals surface area contributed by atoms with Crippen LogP contribution in [0.15, 0.2) is 72.8 Å². The van der Waals surface area contributed by atoms with Crippen molar-refractivity contribution < 1.29 is 0 Å². The van der Waals surface area contributed by atoms with Crippen LogP contribution in [0.4, 0.5) is 0 Å². The minimum absolute atomic E-state index is 0.607. The molecule has 0 spiro atoms. The third-order valence-electron chi connectivity index (χ3n) is 4.58. The Labute approximate surface area is 139 Å². The summed E-state index contributed by atoms with van der Waals surface area (Å²) in [6.07, 6.45) is 1.19. The Morgan fingerprint density at radius 1 is 0.826 bits per heavy atom. The molecule has 0 aromatic heterocycles. The molecule has 1 nitrogen and oxygen atoms in total. The topological polar surface area (TPSA) is 3.24 Å². The predicted molar refractivity (Wildman–Crippen MR) is 99.8 cm³/mol. The fourth-order valence-electron chi connectivity index (χ4n) is 3.09. The van der Waals surface area contributed by atoms with Crippen molar-refractivity contribution >= 4 is 10.8 Å². The Morgan fingerprint density at radius 3 is 2.30 bits per heavy atom. The van der Waals surface area contributed by atoms with Gasteiger partial charge in [-0.05, 0) is 53.9 Å². The molecule has 0 saturated carbocycles. The van der Waals surface area contributed by atoms with Gasteiger partial charge in [0.05, 0.1) is 0 Å². The lowest BCUT2D eigenvalue weighted by Crippen LogP contribution is -2.20. The van der Waals surface area contributed by atoms with Gasteiger partial charge in [0.25, 0.3) is 0 Å². The Morgan fingerprint density at radius 2 is 1.52 bits per heavy atom. The van der Waals surface area contributed by atoms with Crippen LogP contribution in [0.25, 0.3) is 10.8 Å². The second kappa shape index (κ2) is 7.43. The van der Waals surface area contributed by atoms with Crippen LogP contribution in [0.5, 0.6) is 0 Å². The standard InChI is InChI=1S/C22H25N/c1-18(20-8-4-3-5-9-20)14-15-23(2)17-19-12-13-21-10-6-7-11-22(21)16-19/h3-13,16,18H,14-15,17H2,1-2H3/t18-/m1/s1. The van der Waals surface area contributed by atoms with Gasteiger partial charge in [0.2, 0.25) is 0 Å². The van der Waals surface area contributed by atoms with Gasteiger partial charge in [-0.1, -0.05) is 73.7 Å². The summed E-state index contributed by atoms with van der Waals surface area (Å²) in [6.45, 7) is 4.44. The van der Waals surface area contributed by atoms with Gasteiger partial charge in [0.1, 0.15) is 0 Å². The number of hydrogen-bond donors (Lipinski definition) is 0. The normalized spacial score (nSPS) is 12.7. The Bertz CT molecular complexity index is 748. The predicted octanol–water partition coefficient (Wildman–Crippen LogP) is 5.47. The zero-order valence-electron chi connectivity index (χ0n) is 14.1. The highest BCUT2D eigenvalue weighted by molar-refractivity contribution is 5.82. The molecule has 0 N–H and O–H groups in total. The van der Waals surface area contributed by atoms with Crippen molar-refractivity contribution in [2.24, 2.45) is 0 Å². The zero-order chi connectivity index (χ0) is 16.1. The molecule has 23 heavy (non-hydrogen) atoms. The first-order valence-corrected chi connectivity index (χ1v) is 8.43. The fraction of sp³-hybridized carbons (Fsp3) is 0.273. The first-order chi connectivity index (χ1) is 11.2. The van der Waals surface area contributed by atoms with Gasteiger partial charge < -0.3 is 4.90 Å². The van der Waals surface area contributed by atoms with Crippen LogP contribution in [0.3, 0.4) is 0 Å². The zero-order valence-corrected chi connectivity index (χ0v) is 14.1. The van der Waals surface area contributed by atoms with Crippen molar-refractivity contribution in [3.05, 3.63) is 83.9 Å². The maximum absolute atomic E-state index is 2.42. The number of fused-ring (bicyclic) bond motifs is 1. The molecule has 0 aliphatic rings. The molecule has 0 saturated heterocycles. The van der Waals surface area contributed by atoms with Crippen LogP contribution in [-0.2, 0) is 6.54 Å². The van der Waals surface area contributed by atoms with Gasteiger partial charge in [0.15, 0.2) is 0 Å². The van der Waals surface area contributed by atoms with Gasteiger partial charge in [-0.3, -0.25) is 0 Å². The summed E-state index contributed by atoms with van der Waals surface area (Å²) < 4.78 is 0. The van der Waals surface area contributed by atoms with Crippen LogP contribution in [-0.4, -0.2) is 18.5 Å². The average molecular weight is 303 g/mol. The van der Waals surface area contributed by atoms with E-state index in [0.29, 0.717) is 5.92 Å². The van der Waals surface area contributed by atoms with E-state index in [0.717, 1.165) is 13.1 Å². The van der Waals surface area contributed by atoms with E-state index in [9.17, 15) is 0 Å². The minimum Gasteiger partial charge on any atom is -0.302 e. The van der Waals surface area contributed by atoms with Crippen LogP contribution < -0.4 is 0 Å². The van der Waals surface area contributed by atoms with Crippen molar-refractivity contribution in [2.45, 2.75) is 25.8 Å². The number of nitrogens with zero attached hydrogens (tertiary/aromatic N) is 1. The number of rotatable bonds is 6. The second-order valence-corrected chi connectivity index (χ2v) is 6.52. The van der Waals surface area contributed by atoms with Gasteiger partial charge in [-0.25, -0.2) is 0 Å². The molecule has 0 unspecified atom stereocenters. The van der Waals surface area contributed by atoms with E-state index in [4.69, 9.17) is 0 Å². The first kappa shape index (κ1) is 15.8. The molecule has 0 heterocycles. The minimum atomic E-state index is 0.607. The number of benzene rings is 3. The molecule has 1 atom stereocenters. The Balaban J connectivity index is 1.57. The molecule has 0 radical (unpaired) electrons. The van der Waals surface area contributed by atoms with Gasteiger partial charge >= 0.3 is 0 Å². The van der Waals surface area contributed by atoms with E-state index in [-0.39, 0.29) is 0 Å². The van der Waals surface area contributed by atoms with Crippen LogP contribution >= 0.6 is 0 Å². The van der Waals surface area contributed by atoms with Gasteiger partial charge in [-0.15, -0.1) is 0 Å². The van der Waals surface area contributed by atoms with Gasteiger partial charge in [0, 0.05) is 6.54 Å². The molecule has 3 aromatic rings. The Kier molecular flexibility index (Phi) is 5.09. The second-order valence-electron chi connectivity index (χ2n) is 6.52. The fourth-order valence-corrected chi connectivity index (χ4v) is 3.09. The van der Waals surface area contributed by atoms with Crippen molar-refractivity contribution in [1.82, 2.24) is 4.90 Å². The van der Waals surface area contributed by atoms with E-state index in [1.165, 1.54) is 28.3 Å². The summed E-state index contributed by atoms with van der Waals surface area (Å²) in [7, 11) is 2.22. The van der Waals surface area contributed by atoms with Crippen LogP contribution in [0, 0.1) is 0 Å². The molecule has 118 valence electrons. The van der Waals surface area contributed by atoms with Crippen molar-refractivity contribution in [3.8, 4) is 0 Å². The highest BCUT2D eigenvalue weighted by atomic mass is 15.1. The number of hydrogen-bond acceptors (Lipinski definition) is 1. The van der Waals surface area contributed by atoms with Crippen LogP contribution in [0.2, 0.25) is 0 Å². The summed E-state index contributed by atoms with van der Waals surface area (Å²) in [5.41, 5.74) is 2.82. The summed E-state index contributed by atoms with van der Waals surface area (Å²) in [4.78, 5) is 2.42. The van der Waals surface area contributed by atoms with E-state index in [1.54, 1.807) is 0 Å². The maximum Gasteiger partial charge on any atom is 0.0230 e. The van der Waals surface area contributed by atoms with Crippen molar-refractivity contribution in [3.63, 3.8) is 0 Å². The first-order valence-electron chi connectivity index (χ1n) is 8.43. The molecule has 0 bridgehead atoms. The molecule has 0 amide bonds. The third kappa shape index (κ3) is 4.20. The lowest BCUT2D eigenvalue weighted by atomic mass is 9.98. The van der Waals surface area contributed by atoms with Gasteiger partial charge in [-0.2, -0.15) is 0 Å². The summed E-state index contributed by atoms with van der Waals surface area (Å²) in [6, 6.07) is 26.2. The molecule has 3 rings (SSSR count). The lowest BCUT2D eigenvalue weighted by molar-refractivity contribution is 0.313. The third-order valence-corrected chi connectivity index (χ3v) is 4.58. The van der Waals surface area contributed by atoms with E-state index < -0.39 is 0 Å². The molecule has 1 heteroatoms. The summed E-state index contributed by atoms with van der Waals surface area (Å²) in [5.74, 6) is 0.607. The summed E-state index contributed by atoms with van der Waals surface area (Å²) in [5, 5.41) is 2.65. The largest absolute Gasteiger partial charge is 0.302 e. The molecular formula is C22H25N. The summed E-state index contributed by atoms with van der Waals surface area (Å²) >= 11 is 0. The highest BCUT2D eigenvalue weighted by Gasteiger charge is 2.07. The van der Waals surface area contributed by atoms with E-state index in [2.05, 4.69) is 91.7 Å². The highest BCUT2D eigenvalue weighted by Crippen LogP contribution is 2.20. The molecule has 0 aliphatic heterocycles.